The molecule has 2 saturated heterocycles. The van der Waals surface area contributed by atoms with E-state index in [1.165, 1.54) is 0 Å². The first-order valence-corrected chi connectivity index (χ1v) is 9.98. The Morgan fingerprint density at radius 3 is 2.61 bits per heavy atom. The van der Waals surface area contributed by atoms with Crippen LogP contribution >= 0.6 is 0 Å². The predicted octanol–water partition coefficient (Wildman–Crippen LogP) is 2.39. The third-order valence-corrected chi connectivity index (χ3v) is 5.52. The van der Waals surface area contributed by atoms with E-state index in [1.54, 1.807) is 16.7 Å². The molecule has 2 heterocycles. The van der Waals surface area contributed by atoms with Gasteiger partial charge in [-0.15, -0.1) is 0 Å². The summed E-state index contributed by atoms with van der Waals surface area (Å²) in [5.41, 5.74) is 3.02. The summed E-state index contributed by atoms with van der Waals surface area (Å²) in [5, 5.41) is 3.07. The Kier molecular flexibility index (Phi) is 6.21. The zero-order valence-corrected chi connectivity index (χ0v) is 16.9. The van der Waals surface area contributed by atoms with Crippen LogP contribution in [0.5, 0.6) is 0 Å². The molecule has 1 atom stereocenters. The minimum atomic E-state index is -0.338. The second kappa shape index (κ2) is 8.63. The first-order chi connectivity index (χ1) is 13.4. The number of hydrogen-bond donors (Lipinski definition) is 1. The molecule has 0 radical (unpaired) electrons. The highest BCUT2D eigenvalue weighted by molar-refractivity contribution is 6.00. The van der Waals surface area contributed by atoms with Gasteiger partial charge >= 0.3 is 6.09 Å². The zero-order valence-electron chi connectivity index (χ0n) is 16.9. The molecule has 1 aromatic carbocycles. The molecule has 3 rings (SSSR count). The molecule has 1 N–H and O–H groups in total. The van der Waals surface area contributed by atoms with E-state index in [0.717, 1.165) is 16.8 Å². The van der Waals surface area contributed by atoms with Gasteiger partial charge in [-0.2, -0.15) is 0 Å². The third-order valence-electron chi connectivity index (χ3n) is 5.52. The SMILES string of the molecule is CCOC(=O)N1CCC(NC(=O)C2CC(=O)N(c3cc(C)ccc3C)C2)CC1. The summed E-state index contributed by atoms with van der Waals surface area (Å²) in [4.78, 5) is 40.4. The van der Waals surface area contributed by atoms with E-state index in [0.29, 0.717) is 39.1 Å². The van der Waals surface area contributed by atoms with Crippen molar-refractivity contribution in [3.8, 4) is 0 Å². The molecule has 0 aromatic heterocycles. The number of benzene rings is 1. The molecule has 0 spiro atoms. The predicted molar refractivity (Wildman–Crippen MR) is 106 cm³/mol. The van der Waals surface area contributed by atoms with Gasteiger partial charge in [0.2, 0.25) is 11.8 Å². The number of likely N-dealkylation sites (tertiary alicyclic amines) is 1. The average Bonchev–Trinajstić information content (AvgIpc) is 3.06. The van der Waals surface area contributed by atoms with Crippen LogP contribution in [0.4, 0.5) is 10.5 Å². The highest BCUT2D eigenvalue weighted by atomic mass is 16.6. The zero-order chi connectivity index (χ0) is 20.3. The van der Waals surface area contributed by atoms with E-state index < -0.39 is 0 Å². The maximum absolute atomic E-state index is 12.7. The molecule has 1 aromatic rings. The number of carbonyl (C=O) groups excluding carboxylic acids is 3. The Morgan fingerprint density at radius 1 is 1.21 bits per heavy atom. The molecule has 1 unspecified atom stereocenters. The molecule has 7 nitrogen and oxygen atoms in total. The molecular formula is C21H29N3O4. The van der Waals surface area contributed by atoms with E-state index in [-0.39, 0.29) is 36.3 Å². The van der Waals surface area contributed by atoms with Gasteiger partial charge in [-0.3, -0.25) is 9.59 Å². The Bertz CT molecular complexity index is 756. The fourth-order valence-corrected chi connectivity index (χ4v) is 3.87. The third kappa shape index (κ3) is 4.46. The van der Waals surface area contributed by atoms with Crippen molar-refractivity contribution in [2.75, 3.05) is 31.1 Å². The normalized spacial score (nSPS) is 20.4. The first kappa shape index (κ1) is 20.2. The lowest BCUT2D eigenvalue weighted by atomic mass is 10.0. The van der Waals surface area contributed by atoms with E-state index >= 15 is 0 Å². The fourth-order valence-electron chi connectivity index (χ4n) is 3.87. The molecule has 28 heavy (non-hydrogen) atoms. The molecule has 3 amide bonds. The van der Waals surface area contributed by atoms with Crippen molar-refractivity contribution >= 4 is 23.6 Å². The number of ether oxygens (including phenoxy) is 1. The number of anilines is 1. The Hall–Kier alpha value is -2.57. The number of carbonyl (C=O) groups is 3. The fraction of sp³-hybridized carbons (Fsp3) is 0.571. The lowest BCUT2D eigenvalue weighted by Gasteiger charge is -2.32. The molecule has 0 saturated carbocycles. The Morgan fingerprint density at radius 2 is 1.93 bits per heavy atom. The number of nitrogens with zero attached hydrogens (tertiary/aromatic N) is 2. The quantitative estimate of drug-likeness (QED) is 0.860. The van der Waals surface area contributed by atoms with Gasteiger partial charge in [-0.05, 0) is 50.8 Å². The average molecular weight is 387 g/mol. The van der Waals surface area contributed by atoms with Crippen LogP contribution in [0.25, 0.3) is 0 Å². The van der Waals surface area contributed by atoms with E-state index in [2.05, 4.69) is 5.32 Å². The second-order valence-corrected chi connectivity index (χ2v) is 7.66. The Balaban J connectivity index is 1.54. The number of aryl methyl sites for hydroxylation is 2. The molecule has 2 fully saturated rings. The summed E-state index contributed by atoms with van der Waals surface area (Å²) in [6, 6.07) is 6.05. The number of hydrogen-bond acceptors (Lipinski definition) is 4. The van der Waals surface area contributed by atoms with Crippen LogP contribution in [0.15, 0.2) is 18.2 Å². The molecule has 0 aliphatic carbocycles. The highest BCUT2D eigenvalue weighted by Crippen LogP contribution is 2.29. The molecular weight excluding hydrogens is 358 g/mol. The van der Waals surface area contributed by atoms with Gasteiger partial charge in [0.1, 0.15) is 0 Å². The van der Waals surface area contributed by atoms with Gasteiger partial charge in [0.05, 0.1) is 12.5 Å². The molecule has 152 valence electrons. The van der Waals surface area contributed by atoms with Crippen LogP contribution < -0.4 is 10.2 Å². The number of rotatable bonds is 4. The van der Waals surface area contributed by atoms with Crippen LogP contribution in [0.2, 0.25) is 0 Å². The van der Waals surface area contributed by atoms with Gasteiger partial charge in [0.15, 0.2) is 0 Å². The summed E-state index contributed by atoms with van der Waals surface area (Å²) in [7, 11) is 0. The van der Waals surface area contributed by atoms with Crippen LogP contribution in [0, 0.1) is 19.8 Å². The van der Waals surface area contributed by atoms with E-state index in [4.69, 9.17) is 4.74 Å². The van der Waals surface area contributed by atoms with Gasteiger partial charge in [0.25, 0.3) is 0 Å². The van der Waals surface area contributed by atoms with Crippen LogP contribution in [-0.2, 0) is 14.3 Å². The monoisotopic (exact) mass is 387 g/mol. The summed E-state index contributed by atoms with van der Waals surface area (Å²) < 4.78 is 5.02. The number of amides is 3. The van der Waals surface area contributed by atoms with Crippen molar-refractivity contribution in [3.63, 3.8) is 0 Å². The lowest BCUT2D eigenvalue weighted by Crippen LogP contribution is -2.48. The molecule has 2 aliphatic rings. The molecule has 2 aliphatic heterocycles. The lowest BCUT2D eigenvalue weighted by molar-refractivity contribution is -0.127. The number of piperidine rings is 1. The molecule has 0 bridgehead atoms. The minimum Gasteiger partial charge on any atom is -0.450 e. The van der Waals surface area contributed by atoms with Crippen LogP contribution in [0.3, 0.4) is 0 Å². The van der Waals surface area contributed by atoms with Gasteiger partial charge in [-0.25, -0.2) is 4.79 Å². The first-order valence-electron chi connectivity index (χ1n) is 9.98. The highest BCUT2D eigenvalue weighted by Gasteiger charge is 2.36. The largest absolute Gasteiger partial charge is 0.450 e. The van der Waals surface area contributed by atoms with Crippen molar-refractivity contribution in [3.05, 3.63) is 29.3 Å². The van der Waals surface area contributed by atoms with Crippen LogP contribution in [-0.4, -0.2) is 55.1 Å². The van der Waals surface area contributed by atoms with Gasteiger partial charge in [0, 0.05) is 37.8 Å². The van der Waals surface area contributed by atoms with Crippen molar-refractivity contribution < 1.29 is 19.1 Å². The maximum atomic E-state index is 12.7. The van der Waals surface area contributed by atoms with E-state index in [9.17, 15) is 14.4 Å². The smallest absolute Gasteiger partial charge is 0.409 e. The summed E-state index contributed by atoms with van der Waals surface area (Å²) >= 11 is 0. The van der Waals surface area contributed by atoms with Crippen molar-refractivity contribution in [2.45, 2.75) is 46.1 Å². The van der Waals surface area contributed by atoms with Crippen LogP contribution in [0.1, 0.15) is 37.3 Å². The van der Waals surface area contributed by atoms with Crippen molar-refractivity contribution in [1.29, 1.82) is 0 Å². The minimum absolute atomic E-state index is 0.00835. The van der Waals surface area contributed by atoms with Gasteiger partial charge in [-0.1, -0.05) is 12.1 Å². The topological polar surface area (TPSA) is 79.0 Å². The van der Waals surface area contributed by atoms with E-state index in [1.807, 2.05) is 32.0 Å². The summed E-state index contributed by atoms with van der Waals surface area (Å²) in [5.74, 6) is -0.419. The molecule has 7 heteroatoms. The Labute approximate surface area is 166 Å². The van der Waals surface area contributed by atoms with Crippen molar-refractivity contribution in [2.24, 2.45) is 5.92 Å². The summed E-state index contributed by atoms with van der Waals surface area (Å²) in [6.45, 7) is 7.68. The number of nitrogens with one attached hydrogen (secondary N) is 1. The van der Waals surface area contributed by atoms with Gasteiger partial charge < -0.3 is 19.9 Å². The second-order valence-electron chi connectivity index (χ2n) is 7.66. The summed E-state index contributed by atoms with van der Waals surface area (Å²) in [6.07, 6.45) is 1.34. The standard InChI is InChI=1S/C21H29N3O4/c1-4-28-21(27)23-9-7-17(8-10-23)22-20(26)16-12-19(25)24(13-16)18-11-14(2)5-6-15(18)3/h5-6,11,16-17H,4,7-10,12-13H2,1-3H3,(H,22,26). The van der Waals surface area contributed by atoms with Crippen molar-refractivity contribution in [1.82, 2.24) is 10.2 Å². The maximum Gasteiger partial charge on any atom is 0.409 e.